The van der Waals surface area contributed by atoms with Crippen molar-refractivity contribution in [3.63, 3.8) is 0 Å². The van der Waals surface area contributed by atoms with Crippen molar-refractivity contribution < 1.29 is 9.13 Å². The Morgan fingerprint density at radius 2 is 2.25 bits per heavy atom. The van der Waals surface area contributed by atoms with Gasteiger partial charge < -0.3 is 15.0 Å². The summed E-state index contributed by atoms with van der Waals surface area (Å²) in [5.41, 5.74) is 0. The van der Waals surface area contributed by atoms with Crippen molar-refractivity contribution in [3.05, 3.63) is 12.0 Å². The van der Waals surface area contributed by atoms with Gasteiger partial charge in [0.05, 0.1) is 12.8 Å². The first-order valence-electron chi connectivity index (χ1n) is 5.11. The van der Waals surface area contributed by atoms with Gasteiger partial charge in [-0.2, -0.15) is 9.37 Å². The first kappa shape index (κ1) is 12.6. The maximum absolute atomic E-state index is 13.2. The fourth-order valence-electron chi connectivity index (χ4n) is 1.12. The van der Waals surface area contributed by atoms with Gasteiger partial charge in [-0.3, -0.25) is 0 Å². The van der Waals surface area contributed by atoms with Gasteiger partial charge in [0.25, 0.3) is 5.88 Å². The molecule has 0 amide bonds. The van der Waals surface area contributed by atoms with Gasteiger partial charge in [0.15, 0.2) is 0 Å². The zero-order valence-electron chi connectivity index (χ0n) is 9.83. The van der Waals surface area contributed by atoms with E-state index >= 15 is 0 Å². The molecular weight excluding hydrogens is 211 g/mol. The third-order valence-corrected chi connectivity index (χ3v) is 1.92. The molecule has 0 bridgehead atoms. The summed E-state index contributed by atoms with van der Waals surface area (Å²) < 4.78 is 18.4. The molecule has 0 atom stereocenters. The third-order valence-electron chi connectivity index (χ3n) is 1.92. The standard InChI is InChI=1S/C10H17FN4O/c1-12-10-13-7-8(11)9(14-10)16-6-4-5-15(2)3/h7H,4-6H2,1-3H3,(H,12,13,14). The van der Waals surface area contributed by atoms with E-state index in [-0.39, 0.29) is 5.88 Å². The number of anilines is 1. The average Bonchev–Trinajstić information content (AvgIpc) is 2.26. The predicted octanol–water partition coefficient (Wildman–Crippen LogP) is 0.988. The van der Waals surface area contributed by atoms with E-state index in [0.29, 0.717) is 12.6 Å². The molecule has 16 heavy (non-hydrogen) atoms. The van der Waals surface area contributed by atoms with Crippen LogP contribution in [0.3, 0.4) is 0 Å². The third kappa shape index (κ3) is 3.98. The Morgan fingerprint density at radius 3 is 2.88 bits per heavy atom. The fourth-order valence-corrected chi connectivity index (χ4v) is 1.12. The van der Waals surface area contributed by atoms with Crippen LogP contribution in [0.25, 0.3) is 0 Å². The Balaban J connectivity index is 2.46. The molecule has 0 aliphatic rings. The number of ether oxygens (including phenoxy) is 1. The number of nitrogens with zero attached hydrogens (tertiary/aromatic N) is 3. The van der Waals surface area contributed by atoms with E-state index in [1.54, 1.807) is 7.05 Å². The summed E-state index contributed by atoms with van der Waals surface area (Å²) >= 11 is 0. The van der Waals surface area contributed by atoms with Crippen LogP contribution < -0.4 is 10.1 Å². The molecule has 6 heteroatoms. The molecule has 90 valence electrons. The van der Waals surface area contributed by atoms with Gasteiger partial charge in [-0.25, -0.2) is 4.98 Å². The van der Waals surface area contributed by atoms with Crippen LogP contribution in [0.2, 0.25) is 0 Å². The molecule has 0 aliphatic carbocycles. The average molecular weight is 228 g/mol. The maximum Gasteiger partial charge on any atom is 0.255 e. The van der Waals surface area contributed by atoms with E-state index in [1.165, 1.54) is 0 Å². The summed E-state index contributed by atoms with van der Waals surface area (Å²) in [5, 5.41) is 2.73. The van der Waals surface area contributed by atoms with Crippen LogP contribution in [0.4, 0.5) is 10.3 Å². The summed E-state index contributed by atoms with van der Waals surface area (Å²) in [4.78, 5) is 9.64. The zero-order valence-corrected chi connectivity index (χ0v) is 9.83. The molecule has 0 aromatic carbocycles. The van der Waals surface area contributed by atoms with Crippen LogP contribution >= 0.6 is 0 Å². The lowest BCUT2D eigenvalue weighted by Crippen LogP contribution is -2.16. The lowest BCUT2D eigenvalue weighted by Gasteiger charge is -2.10. The van der Waals surface area contributed by atoms with Crippen molar-refractivity contribution in [2.75, 3.05) is 39.6 Å². The predicted molar refractivity (Wildman–Crippen MR) is 60.2 cm³/mol. The van der Waals surface area contributed by atoms with Gasteiger partial charge in [0.1, 0.15) is 0 Å². The van der Waals surface area contributed by atoms with Gasteiger partial charge >= 0.3 is 0 Å². The highest BCUT2D eigenvalue weighted by atomic mass is 19.1. The first-order valence-corrected chi connectivity index (χ1v) is 5.11. The second kappa shape index (κ2) is 6.22. The van der Waals surface area contributed by atoms with E-state index in [2.05, 4.69) is 15.3 Å². The van der Waals surface area contributed by atoms with Crippen LogP contribution in [0.5, 0.6) is 5.88 Å². The molecule has 0 radical (unpaired) electrons. The van der Waals surface area contributed by atoms with Crippen molar-refractivity contribution in [2.24, 2.45) is 0 Å². The second-order valence-corrected chi connectivity index (χ2v) is 3.60. The maximum atomic E-state index is 13.2. The van der Waals surface area contributed by atoms with Gasteiger partial charge in [-0.1, -0.05) is 0 Å². The Labute approximate surface area is 94.6 Å². The van der Waals surface area contributed by atoms with E-state index in [1.807, 2.05) is 19.0 Å². The number of nitrogens with one attached hydrogen (secondary N) is 1. The summed E-state index contributed by atoms with van der Waals surface area (Å²) in [6.45, 7) is 1.33. The molecule has 0 spiro atoms. The summed E-state index contributed by atoms with van der Waals surface area (Å²) in [6.07, 6.45) is 1.92. The molecule has 1 rings (SSSR count). The number of aromatic nitrogens is 2. The van der Waals surface area contributed by atoms with Crippen LogP contribution in [0, 0.1) is 5.82 Å². The highest BCUT2D eigenvalue weighted by Crippen LogP contribution is 2.14. The lowest BCUT2D eigenvalue weighted by atomic mass is 10.4. The van der Waals surface area contributed by atoms with Crippen molar-refractivity contribution in [1.29, 1.82) is 0 Å². The second-order valence-electron chi connectivity index (χ2n) is 3.60. The highest BCUT2D eigenvalue weighted by Gasteiger charge is 2.07. The van der Waals surface area contributed by atoms with Crippen LogP contribution in [0.1, 0.15) is 6.42 Å². The molecule has 0 saturated heterocycles. The topological polar surface area (TPSA) is 50.3 Å². The normalized spacial score (nSPS) is 10.6. The zero-order chi connectivity index (χ0) is 12.0. The Bertz CT molecular complexity index is 333. The Kier molecular flexibility index (Phi) is 4.91. The van der Waals surface area contributed by atoms with Gasteiger partial charge in [0.2, 0.25) is 11.8 Å². The molecule has 1 heterocycles. The number of rotatable bonds is 6. The van der Waals surface area contributed by atoms with Crippen molar-refractivity contribution in [3.8, 4) is 5.88 Å². The first-order chi connectivity index (χ1) is 7.63. The number of hydrogen-bond donors (Lipinski definition) is 1. The van der Waals surface area contributed by atoms with E-state index < -0.39 is 5.82 Å². The van der Waals surface area contributed by atoms with Crippen molar-refractivity contribution >= 4 is 5.95 Å². The quantitative estimate of drug-likeness (QED) is 0.736. The van der Waals surface area contributed by atoms with Gasteiger partial charge in [-0.15, -0.1) is 0 Å². The minimum atomic E-state index is -0.538. The molecule has 1 aromatic heterocycles. The number of halogens is 1. The van der Waals surface area contributed by atoms with Crippen LogP contribution in [0.15, 0.2) is 6.20 Å². The Hall–Kier alpha value is -1.43. The largest absolute Gasteiger partial charge is 0.475 e. The van der Waals surface area contributed by atoms with Gasteiger partial charge in [0, 0.05) is 13.6 Å². The molecule has 0 fully saturated rings. The molecule has 0 aliphatic heterocycles. The van der Waals surface area contributed by atoms with Crippen LogP contribution in [-0.4, -0.2) is 49.2 Å². The molecule has 1 N–H and O–H groups in total. The fraction of sp³-hybridized carbons (Fsp3) is 0.600. The molecule has 0 saturated carbocycles. The monoisotopic (exact) mass is 228 g/mol. The molecular formula is C10H17FN4O. The molecule has 1 aromatic rings. The molecule has 0 unspecified atom stereocenters. The van der Waals surface area contributed by atoms with E-state index in [4.69, 9.17) is 4.74 Å². The summed E-state index contributed by atoms with van der Waals surface area (Å²) in [7, 11) is 5.62. The minimum absolute atomic E-state index is 0.00175. The lowest BCUT2D eigenvalue weighted by molar-refractivity contribution is 0.261. The van der Waals surface area contributed by atoms with Crippen molar-refractivity contribution in [1.82, 2.24) is 14.9 Å². The van der Waals surface area contributed by atoms with Gasteiger partial charge in [-0.05, 0) is 20.5 Å². The molecule has 5 nitrogen and oxygen atoms in total. The summed E-state index contributed by atoms with van der Waals surface area (Å²) in [6, 6.07) is 0. The summed E-state index contributed by atoms with van der Waals surface area (Å²) in [5.74, 6) is -0.189. The van der Waals surface area contributed by atoms with Crippen molar-refractivity contribution in [2.45, 2.75) is 6.42 Å². The highest BCUT2D eigenvalue weighted by molar-refractivity contribution is 5.27. The smallest absolute Gasteiger partial charge is 0.255 e. The van der Waals surface area contributed by atoms with E-state index in [0.717, 1.165) is 19.2 Å². The Morgan fingerprint density at radius 1 is 1.50 bits per heavy atom. The van der Waals surface area contributed by atoms with E-state index in [9.17, 15) is 4.39 Å². The number of hydrogen-bond acceptors (Lipinski definition) is 5. The van der Waals surface area contributed by atoms with Crippen LogP contribution in [-0.2, 0) is 0 Å². The SMILES string of the molecule is CNc1ncc(F)c(OCCCN(C)C)n1. The minimum Gasteiger partial charge on any atom is -0.475 e.